The van der Waals surface area contributed by atoms with Crippen molar-refractivity contribution in [1.82, 2.24) is 0 Å². The first-order valence-electron chi connectivity index (χ1n) is 23.2. The minimum absolute atomic E-state index is 0.0909. The minimum atomic E-state index is -0.792. The summed E-state index contributed by atoms with van der Waals surface area (Å²) < 4.78 is 16.7. The molecule has 1 atom stereocenters. The van der Waals surface area contributed by atoms with Gasteiger partial charge in [-0.2, -0.15) is 0 Å². The Balaban J connectivity index is 4.40. The average molecular weight is 771 g/mol. The number of esters is 3. The second-order valence-corrected chi connectivity index (χ2v) is 15.4. The molecule has 1 unspecified atom stereocenters. The molecular formula is C49H86O6. The maximum absolute atomic E-state index is 12.7. The van der Waals surface area contributed by atoms with E-state index in [1.54, 1.807) is 0 Å². The first kappa shape index (κ1) is 52.4. The Hall–Kier alpha value is -2.63. The van der Waals surface area contributed by atoms with E-state index in [9.17, 15) is 14.4 Å². The molecule has 0 spiro atoms. The summed E-state index contributed by atoms with van der Waals surface area (Å²) in [6, 6.07) is 0. The third-order valence-electron chi connectivity index (χ3n) is 9.86. The molecule has 0 fully saturated rings. The SMILES string of the molecule is CCCC/C=C\C=C/CCCCCC(=O)OCC(COC(=O)CCCCCCCCCCCCCCCCC)OC(=O)CCCCC/C=C\C=C/CCCC. The number of carbonyl (C=O) groups excluding carboxylic acids is 3. The van der Waals surface area contributed by atoms with Gasteiger partial charge in [-0.3, -0.25) is 14.4 Å². The summed E-state index contributed by atoms with van der Waals surface area (Å²) in [5.41, 5.74) is 0. The molecule has 0 N–H and O–H groups in total. The highest BCUT2D eigenvalue weighted by Crippen LogP contribution is 2.15. The lowest BCUT2D eigenvalue weighted by Crippen LogP contribution is -2.30. The average Bonchev–Trinajstić information content (AvgIpc) is 3.18. The molecule has 0 aliphatic heterocycles. The topological polar surface area (TPSA) is 78.9 Å². The first-order chi connectivity index (χ1) is 27.0. The van der Waals surface area contributed by atoms with Gasteiger partial charge in [0.25, 0.3) is 0 Å². The predicted molar refractivity (Wildman–Crippen MR) is 233 cm³/mol. The zero-order valence-corrected chi connectivity index (χ0v) is 36.2. The van der Waals surface area contributed by atoms with Crippen LogP contribution in [0.3, 0.4) is 0 Å². The van der Waals surface area contributed by atoms with Gasteiger partial charge in [0.1, 0.15) is 13.2 Å². The zero-order chi connectivity index (χ0) is 40.1. The van der Waals surface area contributed by atoms with Crippen molar-refractivity contribution in [1.29, 1.82) is 0 Å². The van der Waals surface area contributed by atoms with Crippen LogP contribution in [0.25, 0.3) is 0 Å². The largest absolute Gasteiger partial charge is 0.462 e. The maximum atomic E-state index is 12.7. The second kappa shape index (κ2) is 44.1. The van der Waals surface area contributed by atoms with E-state index >= 15 is 0 Å². The summed E-state index contributed by atoms with van der Waals surface area (Å²) in [6.07, 6.45) is 51.0. The van der Waals surface area contributed by atoms with E-state index in [1.807, 2.05) is 0 Å². The predicted octanol–water partition coefficient (Wildman–Crippen LogP) is 14.8. The molecule has 0 aliphatic rings. The van der Waals surface area contributed by atoms with Gasteiger partial charge in [0.15, 0.2) is 6.10 Å². The summed E-state index contributed by atoms with van der Waals surface area (Å²) in [6.45, 7) is 6.48. The maximum Gasteiger partial charge on any atom is 0.306 e. The fraction of sp³-hybridized carbons (Fsp3) is 0.776. The Morgan fingerprint density at radius 3 is 1.02 bits per heavy atom. The molecular weight excluding hydrogens is 685 g/mol. The molecule has 6 nitrogen and oxygen atoms in total. The molecule has 0 amide bonds. The summed E-state index contributed by atoms with van der Waals surface area (Å²) in [7, 11) is 0. The van der Waals surface area contributed by atoms with E-state index in [-0.39, 0.29) is 31.1 Å². The Labute approximate surface area is 339 Å². The fourth-order valence-electron chi connectivity index (χ4n) is 6.28. The first-order valence-corrected chi connectivity index (χ1v) is 23.2. The van der Waals surface area contributed by atoms with E-state index in [0.717, 1.165) is 83.5 Å². The second-order valence-electron chi connectivity index (χ2n) is 15.4. The van der Waals surface area contributed by atoms with Crippen molar-refractivity contribution in [2.24, 2.45) is 0 Å². The lowest BCUT2D eigenvalue weighted by molar-refractivity contribution is -0.167. The van der Waals surface area contributed by atoms with Gasteiger partial charge >= 0.3 is 17.9 Å². The smallest absolute Gasteiger partial charge is 0.306 e. The number of ether oxygens (including phenoxy) is 3. The molecule has 0 aromatic heterocycles. The molecule has 318 valence electrons. The Bertz CT molecular complexity index is 980. The molecule has 0 heterocycles. The lowest BCUT2D eigenvalue weighted by atomic mass is 10.0. The number of allylic oxidation sites excluding steroid dienone is 8. The van der Waals surface area contributed by atoms with Gasteiger partial charge in [-0.05, 0) is 57.8 Å². The van der Waals surface area contributed by atoms with Crippen LogP contribution in [0.1, 0.15) is 226 Å². The quantitative estimate of drug-likeness (QED) is 0.0267. The Kier molecular flexibility index (Phi) is 42.0. The van der Waals surface area contributed by atoms with Crippen molar-refractivity contribution in [2.45, 2.75) is 232 Å². The molecule has 0 bridgehead atoms. The van der Waals surface area contributed by atoms with Gasteiger partial charge in [-0.25, -0.2) is 0 Å². The van der Waals surface area contributed by atoms with E-state index in [0.29, 0.717) is 19.3 Å². The fourth-order valence-corrected chi connectivity index (χ4v) is 6.28. The standard InChI is InChI=1S/C49H86O6/c1-4-7-10-13-16-19-22-23-24-25-28-30-33-36-39-42-48(51)54-45-46(55-49(52)43-40-37-34-31-27-21-18-15-12-9-6-3)44-53-47(50)41-38-35-32-29-26-20-17-14-11-8-5-2/h14-15,17-18,20-21,26-27,46H,4-13,16,19,22-25,28-45H2,1-3H3/b17-14-,18-15-,26-20-,27-21-. The summed E-state index contributed by atoms with van der Waals surface area (Å²) in [4.78, 5) is 37.7. The van der Waals surface area contributed by atoms with Gasteiger partial charge in [0, 0.05) is 19.3 Å². The van der Waals surface area contributed by atoms with Crippen molar-refractivity contribution in [3.05, 3.63) is 48.6 Å². The molecule has 0 aliphatic carbocycles. The van der Waals surface area contributed by atoms with E-state index in [1.165, 1.54) is 103 Å². The lowest BCUT2D eigenvalue weighted by Gasteiger charge is -2.18. The van der Waals surface area contributed by atoms with Gasteiger partial charge in [0.2, 0.25) is 0 Å². The van der Waals surface area contributed by atoms with Crippen LogP contribution in [0.15, 0.2) is 48.6 Å². The van der Waals surface area contributed by atoms with Crippen molar-refractivity contribution in [2.75, 3.05) is 13.2 Å². The van der Waals surface area contributed by atoms with Crippen LogP contribution >= 0.6 is 0 Å². The highest BCUT2D eigenvalue weighted by atomic mass is 16.6. The van der Waals surface area contributed by atoms with Crippen molar-refractivity contribution >= 4 is 17.9 Å². The normalized spacial score (nSPS) is 12.4. The molecule has 6 heteroatoms. The van der Waals surface area contributed by atoms with E-state index in [2.05, 4.69) is 69.4 Å². The summed E-state index contributed by atoms with van der Waals surface area (Å²) in [5.74, 6) is -0.948. The third kappa shape index (κ3) is 42.4. The van der Waals surface area contributed by atoms with Crippen molar-refractivity contribution in [3.63, 3.8) is 0 Å². The molecule has 0 saturated carbocycles. The zero-order valence-electron chi connectivity index (χ0n) is 36.2. The van der Waals surface area contributed by atoms with Crippen molar-refractivity contribution < 1.29 is 28.6 Å². The van der Waals surface area contributed by atoms with Crippen molar-refractivity contribution in [3.8, 4) is 0 Å². The third-order valence-corrected chi connectivity index (χ3v) is 9.86. The van der Waals surface area contributed by atoms with Crippen LogP contribution in [0.2, 0.25) is 0 Å². The van der Waals surface area contributed by atoms with Crippen LogP contribution in [0.5, 0.6) is 0 Å². The van der Waals surface area contributed by atoms with Crippen LogP contribution in [0.4, 0.5) is 0 Å². The van der Waals surface area contributed by atoms with Crippen LogP contribution in [-0.4, -0.2) is 37.2 Å². The molecule has 0 rings (SSSR count). The molecule has 55 heavy (non-hydrogen) atoms. The minimum Gasteiger partial charge on any atom is -0.462 e. The Morgan fingerprint density at radius 2 is 0.655 bits per heavy atom. The molecule has 0 radical (unpaired) electrons. The summed E-state index contributed by atoms with van der Waals surface area (Å²) >= 11 is 0. The van der Waals surface area contributed by atoms with Crippen LogP contribution in [-0.2, 0) is 28.6 Å². The number of rotatable bonds is 41. The number of hydrogen-bond acceptors (Lipinski definition) is 6. The molecule has 0 aromatic rings. The van der Waals surface area contributed by atoms with Gasteiger partial charge in [-0.1, -0.05) is 198 Å². The molecule has 0 saturated heterocycles. The van der Waals surface area contributed by atoms with E-state index < -0.39 is 6.10 Å². The molecule has 0 aromatic carbocycles. The van der Waals surface area contributed by atoms with E-state index in [4.69, 9.17) is 14.2 Å². The number of hydrogen-bond donors (Lipinski definition) is 0. The monoisotopic (exact) mass is 771 g/mol. The highest BCUT2D eigenvalue weighted by molar-refractivity contribution is 5.71. The van der Waals surface area contributed by atoms with Crippen LogP contribution < -0.4 is 0 Å². The number of unbranched alkanes of at least 4 members (excludes halogenated alkanes) is 24. The Morgan fingerprint density at radius 1 is 0.364 bits per heavy atom. The number of carbonyl (C=O) groups is 3. The summed E-state index contributed by atoms with van der Waals surface area (Å²) in [5, 5.41) is 0. The van der Waals surface area contributed by atoms with Gasteiger partial charge in [-0.15, -0.1) is 0 Å². The van der Waals surface area contributed by atoms with Gasteiger partial charge in [0.05, 0.1) is 0 Å². The van der Waals surface area contributed by atoms with Crippen LogP contribution in [0, 0.1) is 0 Å². The van der Waals surface area contributed by atoms with Gasteiger partial charge < -0.3 is 14.2 Å². The highest BCUT2D eigenvalue weighted by Gasteiger charge is 2.19.